The van der Waals surface area contributed by atoms with E-state index in [1.807, 2.05) is 18.2 Å². The molecule has 0 radical (unpaired) electrons. The van der Waals surface area contributed by atoms with Crippen LogP contribution in [0.1, 0.15) is 40.2 Å². The molecule has 0 saturated carbocycles. The Balaban J connectivity index is 2.89. The summed E-state index contributed by atoms with van der Waals surface area (Å²) in [5.41, 5.74) is 2.60. The van der Waals surface area contributed by atoms with E-state index in [2.05, 4.69) is 52.1 Å². The van der Waals surface area contributed by atoms with Crippen molar-refractivity contribution >= 4 is 17.7 Å². The van der Waals surface area contributed by atoms with Gasteiger partial charge in [0.15, 0.2) is 0 Å². The number of hydrogen-bond acceptors (Lipinski definition) is 1. The molecule has 0 amide bonds. The van der Waals surface area contributed by atoms with E-state index >= 15 is 0 Å². The first-order valence-electron chi connectivity index (χ1n) is 6.49. The van der Waals surface area contributed by atoms with Crippen LogP contribution in [-0.4, -0.2) is 12.1 Å². The molecule has 100 valence electrons. The maximum absolute atomic E-state index is 6.20. The van der Waals surface area contributed by atoms with Gasteiger partial charge in [0.1, 0.15) is 0 Å². The standard InChI is InChI=1S/C16H24ClN/c1-12(2)14(11-18-16(3,4)5)10-13-8-6-7-9-15(13)17/h6-10,12,18H,11H2,1-5H3. The van der Waals surface area contributed by atoms with E-state index in [-0.39, 0.29) is 5.54 Å². The molecule has 0 atom stereocenters. The molecule has 0 fully saturated rings. The molecule has 1 nitrogen and oxygen atoms in total. The van der Waals surface area contributed by atoms with Crippen molar-refractivity contribution in [3.8, 4) is 0 Å². The minimum absolute atomic E-state index is 0.133. The highest BCUT2D eigenvalue weighted by Gasteiger charge is 2.11. The van der Waals surface area contributed by atoms with E-state index in [0.29, 0.717) is 5.92 Å². The Morgan fingerprint density at radius 2 is 1.89 bits per heavy atom. The van der Waals surface area contributed by atoms with Gasteiger partial charge in [-0.3, -0.25) is 0 Å². The van der Waals surface area contributed by atoms with Crippen molar-refractivity contribution in [1.29, 1.82) is 0 Å². The van der Waals surface area contributed by atoms with Crippen molar-refractivity contribution < 1.29 is 0 Å². The smallest absolute Gasteiger partial charge is 0.0478 e. The molecule has 0 unspecified atom stereocenters. The quantitative estimate of drug-likeness (QED) is 0.827. The van der Waals surface area contributed by atoms with Gasteiger partial charge in [-0.05, 0) is 38.3 Å². The van der Waals surface area contributed by atoms with Gasteiger partial charge in [-0.2, -0.15) is 0 Å². The van der Waals surface area contributed by atoms with Crippen LogP contribution in [0.15, 0.2) is 29.8 Å². The number of rotatable bonds is 4. The molecule has 0 heterocycles. The Kier molecular flexibility index (Phi) is 5.43. The summed E-state index contributed by atoms with van der Waals surface area (Å²) in [6.45, 7) is 11.9. The lowest BCUT2D eigenvalue weighted by Crippen LogP contribution is -2.37. The van der Waals surface area contributed by atoms with Crippen LogP contribution < -0.4 is 5.32 Å². The summed E-state index contributed by atoms with van der Waals surface area (Å²) in [5.74, 6) is 0.510. The molecule has 0 bridgehead atoms. The SMILES string of the molecule is CC(C)C(=Cc1ccccc1Cl)CNC(C)(C)C. The van der Waals surface area contributed by atoms with E-state index in [0.717, 1.165) is 17.1 Å². The number of hydrogen-bond donors (Lipinski definition) is 1. The molecule has 1 N–H and O–H groups in total. The van der Waals surface area contributed by atoms with Gasteiger partial charge >= 0.3 is 0 Å². The second-order valence-corrected chi connectivity index (χ2v) is 6.41. The maximum Gasteiger partial charge on any atom is 0.0478 e. The van der Waals surface area contributed by atoms with Gasteiger partial charge < -0.3 is 5.32 Å². The van der Waals surface area contributed by atoms with Gasteiger partial charge in [-0.25, -0.2) is 0 Å². The molecule has 0 aliphatic rings. The average Bonchev–Trinajstić information content (AvgIpc) is 2.24. The Morgan fingerprint density at radius 3 is 2.39 bits per heavy atom. The van der Waals surface area contributed by atoms with E-state index in [1.165, 1.54) is 5.57 Å². The second kappa shape index (κ2) is 6.40. The maximum atomic E-state index is 6.20. The second-order valence-electron chi connectivity index (χ2n) is 6.00. The van der Waals surface area contributed by atoms with Gasteiger partial charge in [-0.15, -0.1) is 0 Å². The van der Waals surface area contributed by atoms with Gasteiger partial charge in [0.25, 0.3) is 0 Å². The first kappa shape index (κ1) is 15.3. The fourth-order valence-corrected chi connectivity index (χ4v) is 1.77. The van der Waals surface area contributed by atoms with Gasteiger partial charge in [0.05, 0.1) is 0 Å². The van der Waals surface area contributed by atoms with Gasteiger partial charge in [-0.1, -0.05) is 55.3 Å². The van der Waals surface area contributed by atoms with E-state index in [4.69, 9.17) is 11.6 Å². The minimum atomic E-state index is 0.133. The zero-order valence-electron chi connectivity index (χ0n) is 12.0. The predicted octanol–water partition coefficient (Wildman–Crippen LogP) is 4.77. The fraction of sp³-hybridized carbons (Fsp3) is 0.500. The Morgan fingerprint density at radius 1 is 1.28 bits per heavy atom. The van der Waals surface area contributed by atoms with Crippen molar-refractivity contribution in [3.63, 3.8) is 0 Å². The largest absolute Gasteiger partial charge is 0.308 e. The van der Waals surface area contributed by atoms with E-state index in [1.54, 1.807) is 0 Å². The molecule has 2 heteroatoms. The predicted molar refractivity (Wildman–Crippen MR) is 82.0 cm³/mol. The molecule has 0 spiro atoms. The van der Waals surface area contributed by atoms with Crippen LogP contribution in [-0.2, 0) is 0 Å². The van der Waals surface area contributed by atoms with Crippen LogP contribution in [0.5, 0.6) is 0 Å². The summed E-state index contributed by atoms with van der Waals surface area (Å²) in [4.78, 5) is 0. The number of nitrogens with one attached hydrogen (secondary N) is 1. The molecular formula is C16H24ClN. The van der Waals surface area contributed by atoms with Crippen LogP contribution in [0.2, 0.25) is 5.02 Å². The van der Waals surface area contributed by atoms with Gasteiger partial charge in [0.2, 0.25) is 0 Å². The highest BCUT2D eigenvalue weighted by Crippen LogP contribution is 2.21. The average molecular weight is 266 g/mol. The summed E-state index contributed by atoms with van der Waals surface area (Å²) in [6, 6.07) is 7.97. The number of benzene rings is 1. The van der Waals surface area contributed by atoms with E-state index in [9.17, 15) is 0 Å². The topological polar surface area (TPSA) is 12.0 Å². The van der Waals surface area contributed by atoms with Crippen LogP contribution in [0.25, 0.3) is 6.08 Å². The first-order valence-corrected chi connectivity index (χ1v) is 6.87. The Labute approximate surface area is 116 Å². The van der Waals surface area contributed by atoms with Crippen LogP contribution >= 0.6 is 11.6 Å². The first-order chi connectivity index (χ1) is 8.29. The summed E-state index contributed by atoms with van der Waals surface area (Å²) in [5, 5.41) is 4.34. The summed E-state index contributed by atoms with van der Waals surface area (Å²) >= 11 is 6.20. The van der Waals surface area contributed by atoms with Crippen LogP contribution in [0.3, 0.4) is 0 Å². The van der Waals surface area contributed by atoms with Crippen molar-refractivity contribution in [2.75, 3.05) is 6.54 Å². The van der Waals surface area contributed by atoms with Crippen molar-refractivity contribution in [1.82, 2.24) is 5.32 Å². The molecule has 1 aromatic carbocycles. The van der Waals surface area contributed by atoms with E-state index < -0.39 is 0 Å². The minimum Gasteiger partial charge on any atom is -0.308 e. The monoisotopic (exact) mass is 265 g/mol. The lowest BCUT2D eigenvalue weighted by molar-refractivity contribution is 0.437. The van der Waals surface area contributed by atoms with Crippen molar-refractivity contribution in [3.05, 3.63) is 40.4 Å². The molecule has 1 rings (SSSR count). The fourth-order valence-electron chi connectivity index (χ4n) is 1.58. The molecule has 18 heavy (non-hydrogen) atoms. The third kappa shape index (κ3) is 5.24. The molecular weight excluding hydrogens is 242 g/mol. The summed E-state index contributed by atoms with van der Waals surface area (Å²) in [7, 11) is 0. The highest BCUT2D eigenvalue weighted by atomic mass is 35.5. The van der Waals surface area contributed by atoms with Crippen molar-refractivity contribution in [2.24, 2.45) is 5.92 Å². The molecule has 1 aromatic rings. The Hall–Kier alpha value is -0.790. The third-order valence-electron chi connectivity index (χ3n) is 2.81. The lowest BCUT2D eigenvalue weighted by atomic mass is 9.98. The van der Waals surface area contributed by atoms with Crippen molar-refractivity contribution in [2.45, 2.75) is 40.2 Å². The molecule has 0 aromatic heterocycles. The summed E-state index contributed by atoms with van der Waals surface area (Å²) < 4.78 is 0. The molecule has 0 saturated heterocycles. The molecule has 0 aliphatic heterocycles. The Bertz CT molecular complexity index is 413. The highest BCUT2D eigenvalue weighted by molar-refractivity contribution is 6.32. The molecule has 0 aliphatic carbocycles. The summed E-state index contributed by atoms with van der Waals surface area (Å²) in [6.07, 6.45) is 2.20. The zero-order chi connectivity index (χ0) is 13.8. The van der Waals surface area contributed by atoms with Crippen LogP contribution in [0.4, 0.5) is 0 Å². The lowest BCUT2D eigenvalue weighted by Gasteiger charge is -2.23. The zero-order valence-corrected chi connectivity index (χ0v) is 12.8. The number of halogens is 1. The normalized spacial score (nSPS) is 13.2. The van der Waals surface area contributed by atoms with Crippen LogP contribution in [0, 0.1) is 5.92 Å². The van der Waals surface area contributed by atoms with Gasteiger partial charge in [0, 0.05) is 17.1 Å². The third-order valence-corrected chi connectivity index (χ3v) is 3.15.